The highest BCUT2D eigenvalue weighted by molar-refractivity contribution is 7.89. The molecule has 1 aromatic heterocycles. The molecule has 3 rings (SSSR count). The third-order valence-electron chi connectivity index (χ3n) is 4.16. The lowest BCUT2D eigenvalue weighted by molar-refractivity contribution is -0.385. The molecule has 138 valence electrons. The minimum atomic E-state index is -3.79. The van der Waals surface area contributed by atoms with Crippen molar-refractivity contribution < 1.29 is 18.1 Å². The van der Waals surface area contributed by atoms with E-state index in [9.17, 15) is 23.3 Å². The van der Waals surface area contributed by atoms with Crippen LogP contribution in [-0.4, -0.2) is 61.1 Å². The van der Waals surface area contributed by atoms with Gasteiger partial charge in [0.2, 0.25) is 10.0 Å². The first-order valence-electron chi connectivity index (χ1n) is 7.91. The first kappa shape index (κ1) is 18.6. The number of hydrogen-bond donors (Lipinski definition) is 0. The minimum Gasteiger partial charge on any atom is -0.293 e. The average molecular weight is 395 g/mol. The van der Waals surface area contributed by atoms with Gasteiger partial charge in [-0.25, -0.2) is 8.42 Å². The van der Waals surface area contributed by atoms with Crippen molar-refractivity contribution in [1.82, 2.24) is 9.21 Å². The van der Waals surface area contributed by atoms with Crippen molar-refractivity contribution in [3.63, 3.8) is 0 Å². The molecule has 10 heteroatoms. The fourth-order valence-electron chi connectivity index (χ4n) is 2.75. The van der Waals surface area contributed by atoms with Gasteiger partial charge in [-0.3, -0.25) is 19.8 Å². The molecule has 0 amide bonds. The van der Waals surface area contributed by atoms with Gasteiger partial charge >= 0.3 is 0 Å². The maximum Gasteiger partial charge on any atom is 0.270 e. The van der Waals surface area contributed by atoms with Crippen LogP contribution in [-0.2, 0) is 10.0 Å². The molecule has 0 radical (unpaired) electrons. The molecule has 0 unspecified atom stereocenters. The lowest BCUT2D eigenvalue weighted by Gasteiger charge is -2.33. The molecule has 1 aliphatic heterocycles. The van der Waals surface area contributed by atoms with Gasteiger partial charge in [-0.05, 0) is 17.5 Å². The van der Waals surface area contributed by atoms with E-state index in [1.54, 1.807) is 6.07 Å². The Kier molecular flexibility index (Phi) is 5.47. The van der Waals surface area contributed by atoms with Crippen LogP contribution in [0.1, 0.15) is 9.67 Å². The van der Waals surface area contributed by atoms with Gasteiger partial charge < -0.3 is 0 Å². The molecule has 1 saturated heterocycles. The van der Waals surface area contributed by atoms with Gasteiger partial charge in [0.25, 0.3) is 5.69 Å². The Hall–Kier alpha value is -2.14. The second-order valence-corrected chi connectivity index (χ2v) is 8.72. The molecule has 0 aliphatic carbocycles. The number of carbonyl (C=O) groups is 1. The molecule has 8 nitrogen and oxygen atoms in total. The summed E-state index contributed by atoms with van der Waals surface area (Å²) in [6.07, 6.45) is 0. The lowest BCUT2D eigenvalue weighted by Crippen LogP contribution is -2.49. The number of non-ortho nitro benzene ring substituents is 1. The largest absolute Gasteiger partial charge is 0.293 e. The summed E-state index contributed by atoms with van der Waals surface area (Å²) in [6.45, 7) is 1.60. The lowest BCUT2D eigenvalue weighted by atomic mass is 10.2. The SMILES string of the molecule is O=C(CN1CCN(S(=O)(=O)c2cccc([N+](=O)[O-])c2)CC1)c1cccs1. The number of benzene rings is 1. The summed E-state index contributed by atoms with van der Waals surface area (Å²) in [5.74, 6) is 0.0231. The highest BCUT2D eigenvalue weighted by atomic mass is 32.2. The van der Waals surface area contributed by atoms with Crippen LogP contribution in [0.2, 0.25) is 0 Å². The molecule has 0 N–H and O–H groups in total. The number of nitrogens with zero attached hydrogens (tertiary/aromatic N) is 3. The molecular weight excluding hydrogens is 378 g/mol. The Balaban J connectivity index is 1.64. The van der Waals surface area contributed by atoms with Crippen molar-refractivity contribution in [3.8, 4) is 0 Å². The number of piperazine rings is 1. The van der Waals surface area contributed by atoms with E-state index in [0.29, 0.717) is 18.0 Å². The monoisotopic (exact) mass is 395 g/mol. The average Bonchev–Trinajstić information content (AvgIpc) is 3.17. The molecule has 0 bridgehead atoms. The third kappa shape index (κ3) is 3.98. The number of nitro groups is 1. The van der Waals surface area contributed by atoms with Gasteiger partial charge in [-0.2, -0.15) is 4.31 Å². The zero-order valence-corrected chi connectivity index (χ0v) is 15.4. The van der Waals surface area contributed by atoms with Crippen LogP contribution in [0.15, 0.2) is 46.7 Å². The number of rotatable bonds is 6. The number of nitro benzene ring substituents is 1. The predicted octanol–water partition coefficient (Wildman–Crippen LogP) is 1.85. The Morgan fingerprint density at radius 1 is 1.15 bits per heavy atom. The first-order chi connectivity index (χ1) is 12.4. The number of carbonyl (C=O) groups excluding carboxylic acids is 1. The standard InChI is InChI=1S/C16H17N3O5S2/c20-15(16-5-2-10-25-16)12-17-6-8-18(9-7-17)26(23,24)14-4-1-3-13(11-14)19(21)22/h1-5,10-11H,6-9,12H2. The van der Waals surface area contributed by atoms with Crippen LogP contribution in [0.4, 0.5) is 5.69 Å². The Morgan fingerprint density at radius 2 is 1.88 bits per heavy atom. The summed E-state index contributed by atoms with van der Waals surface area (Å²) >= 11 is 1.39. The highest BCUT2D eigenvalue weighted by Crippen LogP contribution is 2.22. The van der Waals surface area contributed by atoms with Gasteiger partial charge in [0.1, 0.15) is 0 Å². The summed E-state index contributed by atoms with van der Waals surface area (Å²) in [4.78, 5) is 24.9. The number of hydrogen-bond acceptors (Lipinski definition) is 7. The fraction of sp³-hybridized carbons (Fsp3) is 0.312. The van der Waals surface area contributed by atoms with Gasteiger partial charge in [-0.1, -0.05) is 12.1 Å². The number of Topliss-reactive ketones (excluding diaryl/α,β-unsaturated/α-hetero) is 1. The van der Waals surface area contributed by atoms with Crippen LogP contribution >= 0.6 is 11.3 Å². The van der Waals surface area contributed by atoms with Crippen LogP contribution in [0, 0.1) is 10.1 Å². The van der Waals surface area contributed by atoms with Crippen LogP contribution in [0.3, 0.4) is 0 Å². The summed E-state index contributed by atoms with van der Waals surface area (Å²) in [5.41, 5.74) is -0.258. The van der Waals surface area contributed by atoms with Gasteiger partial charge in [0.05, 0.1) is 21.2 Å². The van der Waals surface area contributed by atoms with E-state index in [-0.39, 0.29) is 36.0 Å². The number of sulfonamides is 1. The van der Waals surface area contributed by atoms with E-state index >= 15 is 0 Å². The molecule has 2 aromatic rings. The topological polar surface area (TPSA) is 101 Å². The zero-order chi connectivity index (χ0) is 18.7. The summed E-state index contributed by atoms with van der Waals surface area (Å²) in [7, 11) is -3.79. The van der Waals surface area contributed by atoms with Gasteiger partial charge in [-0.15, -0.1) is 11.3 Å². The molecule has 26 heavy (non-hydrogen) atoms. The van der Waals surface area contributed by atoms with E-state index in [1.165, 1.54) is 33.8 Å². The Labute approximate surface area is 154 Å². The smallest absolute Gasteiger partial charge is 0.270 e. The summed E-state index contributed by atoms with van der Waals surface area (Å²) in [6, 6.07) is 8.64. The molecule has 1 aromatic carbocycles. The van der Waals surface area contributed by atoms with Crippen molar-refractivity contribution in [2.24, 2.45) is 0 Å². The first-order valence-corrected chi connectivity index (χ1v) is 10.2. The second kappa shape index (κ2) is 7.62. The molecular formula is C16H17N3O5S2. The van der Waals surface area contributed by atoms with Crippen molar-refractivity contribution in [1.29, 1.82) is 0 Å². The molecule has 0 atom stereocenters. The minimum absolute atomic E-state index is 0.0231. The van der Waals surface area contributed by atoms with Crippen LogP contribution in [0.5, 0.6) is 0 Å². The maximum atomic E-state index is 12.7. The normalized spacial score (nSPS) is 16.5. The zero-order valence-electron chi connectivity index (χ0n) is 13.8. The van der Waals surface area contributed by atoms with E-state index in [0.717, 1.165) is 6.07 Å². The number of ketones is 1. The second-order valence-electron chi connectivity index (χ2n) is 5.84. The summed E-state index contributed by atoms with van der Waals surface area (Å²) < 4.78 is 26.7. The number of thiophene rings is 1. The third-order valence-corrected chi connectivity index (χ3v) is 6.97. The Bertz CT molecular complexity index is 904. The fourth-order valence-corrected chi connectivity index (χ4v) is 4.87. The molecule has 0 saturated carbocycles. The van der Waals surface area contributed by atoms with Crippen molar-refractivity contribution in [2.45, 2.75) is 4.90 Å². The van der Waals surface area contributed by atoms with E-state index in [2.05, 4.69) is 0 Å². The highest BCUT2D eigenvalue weighted by Gasteiger charge is 2.30. The predicted molar refractivity (Wildman–Crippen MR) is 96.9 cm³/mol. The van der Waals surface area contributed by atoms with Gasteiger partial charge in [0.15, 0.2) is 5.78 Å². The Morgan fingerprint density at radius 3 is 2.50 bits per heavy atom. The van der Waals surface area contributed by atoms with Crippen molar-refractivity contribution in [3.05, 3.63) is 56.8 Å². The van der Waals surface area contributed by atoms with E-state index in [1.807, 2.05) is 16.3 Å². The van der Waals surface area contributed by atoms with Crippen LogP contribution < -0.4 is 0 Å². The molecule has 0 spiro atoms. The van der Waals surface area contributed by atoms with Crippen molar-refractivity contribution in [2.75, 3.05) is 32.7 Å². The van der Waals surface area contributed by atoms with E-state index < -0.39 is 14.9 Å². The van der Waals surface area contributed by atoms with Crippen molar-refractivity contribution >= 4 is 32.8 Å². The molecule has 1 aliphatic rings. The quantitative estimate of drug-likeness (QED) is 0.420. The molecule has 2 heterocycles. The maximum absolute atomic E-state index is 12.7. The van der Waals surface area contributed by atoms with Crippen LogP contribution in [0.25, 0.3) is 0 Å². The summed E-state index contributed by atoms with van der Waals surface area (Å²) in [5, 5.41) is 12.7. The molecule has 1 fully saturated rings. The van der Waals surface area contributed by atoms with E-state index in [4.69, 9.17) is 0 Å². The van der Waals surface area contributed by atoms with Gasteiger partial charge in [0, 0.05) is 38.3 Å².